The molecule has 0 amide bonds. The SMILES string of the molecule is CC(=O)O[C@H]1C[C@@H]2CC[C@@H]3[C@H](CC[C@@]4(C)[C@H]3C[C@H]([N+]3(C)CCNCC3)[C@@H]4OC(C)=O)[C@@]2(C)C[C@@H]1N1CCCCC1. The number of esters is 2. The van der Waals surface area contributed by atoms with Gasteiger partial charge in [-0.25, -0.2) is 0 Å². The van der Waals surface area contributed by atoms with Gasteiger partial charge in [0, 0.05) is 44.8 Å². The molecule has 0 spiro atoms. The molecule has 0 aromatic rings. The van der Waals surface area contributed by atoms with Gasteiger partial charge in [-0.3, -0.25) is 14.5 Å². The van der Waals surface area contributed by atoms with Crippen LogP contribution in [0.1, 0.15) is 91.9 Å². The first kappa shape index (κ1) is 28.9. The molecule has 6 aliphatic rings. The Morgan fingerprint density at radius 1 is 0.875 bits per heavy atom. The van der Waals surface area contributed by atoms with E-state index in [0.717, 1.165) is 63.0 Å². The number of ether oxygens (including phenoxy) is 2. The molecule has 226 valence electrons. The predicted octanol–water partition coefficient (Wildman–Crippen LogP) is 4.39. The molecule has 7 nitrogen and oxygen atoms in total. The Hall–Kier alpha value is -1.18. The first-order valence-electron chi connectivity index (χ1n) is 16.7. The number of likely N-dealkylation sites (tertiary alicyclic amines) is 1. The molecule has 10 atom stereocenters. The quantitative estimate of drug-likeness (QED) is 0.408. The summed E-state index contributed by atoms with van der Waals surface area (Å²) < 4.78 is 13.5. The van der Waals surface area contributed by atoms with E-state index in [2.05, 4.69) is 31.1 Å². The number of nitrogens with zero attached hydrogens (tertiary/aromatic N) is 2. The molecule has 6 rings (SSSR count). The molecule has 2 saturated heterocycles. The van der Waals surface area contributed by atoms with E-state index < -0.39 is 0 Å². The summed E-state index contributed by atoms with van der Waals surface area (Å²) in [6.45, 7) is 15.0. The van der Waals surface area contributed by atoms with Crippen LogP contribution in [-0.4, -0.2) is 91.9 Å². The number of hydrogen-bond acceptors (Lipinski definition) is 6. The maximum absolute atomic E-state index is 12.5. The van der Waals surface area contributed by atoms with Crippen LogP contribution in [-0.2, 0) is 19.1 Å². The number of carbonyl (C=O) groups excluding carboxylic acids is 2. The number of nitrogens with one attached hydrogen (secondary N) is 1. The van der Waals surface area contributed by atoms with Crippen molar-refractivity contribution in [2.24, 2.45) is 34.5 Å². The summed E-state index contributed by atoms with van der Waals surface area (Å²) in [6, 6.07) is 0.749. The zero-order chi connectivity index (χ0) is 28.3. The first-order chi connectivity index (χ1) is 19.0. The maximum Gasteiger partial charge on any atom is 0.303 e. The predicted molar refractivity (Wildman–Crippen MR) is 155 cm³/mol. The van der Waals surface area contributed by atoms with Gasteiger partial charge in [-0.05, 0) is 93.5 Å². The molecule has 4 aliphatic carbocycles. The average molecular weight is 559 g/mol. The van der Waals surface area contributed by atoms with Crippen molar-refractivity contribution in [3.63, 3.8) is 0 Å². The van der Waals surface area contributed by atoms with Gasteiger partial charge >= 0.3 is 11.9 Å². The molecule has 40 heavy (non-hydrogen) atoms. The number of fused-ring (bicyclic) bond motifs is 5. The average Bonchev–Trinajstić information content (AvgIpc) is 3.21. The van der Waals surface area contributed by atoms with Crippen molar-refractivity contribution in [1.29, 1.82) is 0 Å². The van der Waals surface area contributed by atoms with Crippen LogP contribution in [0, 0.1) is 34.5 Å². The van der Waals surface area contributed by atoms with Crippen LogP contribution >= 0.6 is 0 Å². The fourth-order valence-electron chi connectivity index (χ4n) is 11.4. The fraction of sp³-hybridized carbons (Fsp3) is 0.939. The maximum atomic E-state index is 12.5. The summed E-state index contributed by atoms with van der Waals surface area (Å²) >= 11 is 0. The van der Waals surface area contributed by atoms with Crippen LogP contribution in [0.5, 0.6) is 0 Å². The zero-order valence-electron chi connectivity index (χ0n) is 26.0. The smallest absolute Gasteiger partial charge is 0.303 e. The third-order valence-electron chi connectivity index (χ3n) is 13.5. The number of carbonyl (C=O) groups is 2. The first-order valence-corrected chi connectivity index (χ1v) is 16.7. The van der Waals surface area contributed by atoms with Gasteiger partial charge in [0.2, 0.25) is 0 Å². The molecule has 2 aliphatic heterocycles. The van der Waals surface area contributed by atoms with E-state index in [1.54, 1.807) is 13.8 Å². The molecule has 1 N–H and O–H groups in total. The third kappa shape index (κ3) is 4.84. The topological polar surface area (TPSA) is 67.9 Å². The lowest BCUT2D eigenvalue weighted by Crippen LogP contribution is -2.64. The van der Waals surface area contributed by atoms with E-state index >= 15 is 0 Å². The Bertz CT molecular complexity index is 961. The van der Waals surface area contributed by atoms with Crippen LogP contribution in [0.15, 0.2) is 0 Å². The van der Waals surface area contributed by atoms with Gasteiger partial charge in [-0.1, -0.05) is 20.3 Å². The van der Waals surface area contributed by atoms with Crippen LogP contribution in [0.25, 0.3) is 0 Å². The van der Waals surface area contributed by atoms with Gasteiger partial charge in [0.05, 0.1) is 20.1 Å². The monoisotopic (exact) mass is 558 g/mol. The summed E-state index contributed by atoms with van der Waals surface area (Å²) in [6.07, 6.45) is 12.2. The number of quaternary nitrogens is 1. The Labute approximate surface area is 242 Å². The minimum atomic E-state index is -0.115. The van der Waals surface area contributed by atoms with Crippen molar-refractivity contribution in [3.8, 4) is 0 Å². The van der Waals surface area contributed by atoms with Gasteiger partial charge in [-0.15, -0.1) is 0 Å². The minimum Gasteiger partial charge on any atom is -0.461 e. The van der Waals surface area contributed by atoms with E-state index in [0.29, 0.717) is 35.8 Å². The van der Waals surface area contributed by atoms with E-state index in [4.69, 9.17) is 9.47 Å². The molecule has 0 bridgehead atoms. The summed E-state index contributed by atoms with van der Waals surface area (Å²) in [5, 5.41) is 3.56. The molecule has 2 heterocycles. The van der Waals surface area contributed by atoms with Gasteiger partial charge in [0.25, 0.3) is 0 Å². The molecular formula is C33H56N3O4+. The second-order valence-electron chi connectivity index (χ2n) is 15.5. The number of piperazine rings is 1. The number of rotatable bonds is 4. The van der Waals surface area contributed by atoms with E-state index in [-0.39, 0.29) is 35.0 Å². The normalized spacial score (nSPS) is 46.9. The Balaban J connectivity index is 1.29. The number of piperidine rings is 1. The third-order valence-corrected chi connectivity index (χ3v) is 13.5. The summed E-state index contributed by atoms with van der Waals surface area (Å²) in [7, 11) is 2.43. The second kappa shape index (κ2) is 10.8. The van der Waals surface area contributed by atoms with Crippen molar-refractivity contribution < 1.29 is 23.5 Å². The molecule has 0 aromatic carbocycles. The summed E-state index contributed by atoms with van der Waals surface area (Å²) in [5.41, 5.74) is 0.347. The lowest BCUT2D eigenvalue weighted by molar-refractivity contribution is -0.937. The van der Waals surface area contributed by atoms with Crippen molar-refractivity contribution in [2.75, 3.05) is 46.3 Å². The highest BCUT2D eigenvalue weighted by molar-refractivity contribution is 5.66. The Kier molecular flexibility index (Phi) is 7.83. The highest BCUT2D eigenvalue weighted by Gasteiger charge is 2.67. The largest absolute Gasteiger partial charge is 0.461 e. The van der Waals surface area contributed by atoms with Gasteiger partial charge in [-0.2, -0.15) is 0 Å². The fourth-order valence-corrected chi connectivity index (χ4v) is 11.4. The van der Waals surface area contributed by atoms with Gasteiger partial charge < -0.3 is 19.3 Å². The number of hydrogen-bond donors (Lipinski definition) is 1. The molecule has 4 saturated carbocycles. The Morgan fingerprint density at radius 3 is 2.25 bits per heavy atom. The molecule has 7 heteroatoms. The standard InChI is InChI=1S/C33H56N3O4/c1-22(37)39-30-19-24-9-10-25-26(33(24,4)21-28(30)35-15-7-6-8-16-35)11-12-32(3)27(25)20-29(31(32)40-23(2)38)36(5)17-13-34-14-18-36/h24-31,34H,6-21H2,1-5H3/q+1/t24-,25+,26-,27-,28-,29-,30-,31-,32-,33-/m0/s1. The summed E-state index contributed by atoms with van der Waals surface area (Å²) in [4.78, 5) is 27.4. The molecule has 0 radical (unpaired) electrons. The molecule has 6 fully saturated rings. The van der Waals surface area contributed by atoms with Crippen LogP contribution in [0.4, 0.5) is 0 Å². The van der Waals surface area contributed by atoms with Crippen LogP contribution in [0.2, 0.25) is 0 Å². The lowest BCUT2D eigenvalue weighted by atomic mass is 9.44. The van der Waals surface area contributed by atoms with Crippen LogP contribution in [0.3, 0.4) is 0 Å². The van der Waals surface area contributed by atoms with Gasteiger partial charge in [0.1, 0.15) is 12.1 Å². The number of likely N-dealkylation sites (N-methyl/N-ethyl adjacent to an activating group) is 1. The van der Waals surface area contributed by atoms with Crippen molar-refractivity contribution in [1.82, 2.24) is 10.2 Å². The van der Waals surface area contributed by atoms with E-state index in [9.17, 15) is 9.59 Å². The van der Waals surface area contributed by atoms with Gasteiger partial charge in [0.15, 0.2) is 6.10 Å². The highest BCUT2D eigenvalue weighted by atomic mass is 16.5. The zero-order valence-corrected chi connectivity index (χ0v) is 26.0. The second-order valence-corrected chi connectivity index (χ2v) is 15.5. The van der Waals surface area contributed by atoms with Crippen molar-refractivity contribution in [3.05, 3.63) is 0 Å². The van der Waals surface area contributed by atoms with Crippen LogP contribution < -0.4 is 5.32 Å². The Morgan fingerprint density at radius 2 is 1.57 bits per heavy atom. The van der Waals surface area contributed by atoms with E-state index in [1.807, 2.05) is 0 Å². The highest BCUT2D eigenvalue weighted by Crippen LogP contribution is 2.67. The van der Waals surface area contributed by atoms with Crippen molar-refractivity contribution >= 4 is 11.9 Å². The molecular weight excluding hydrogens is 502 g/mol. The molecule has 0 unspecified atom stereocenters. The van der Waals surface area contributed by atoms with Crippen molar-refractivity contribution in [2.45, 2.75) is 116 Å². The lowest BCUT2D eigenvalue weighted by Gasteiger charge is -2.62. The summed E-state index contributed by atoms with van der Waals surface area (Å²) in [5.74, 6) is 2.43. The van der Waals surface area contributed by atoms with E-state index in [1.165, 1.54) is 44.9 Å². The molecule has 0 aromatic heterocycles. The minimum absolute atomic E-state index is 0.0189.